The Morgan fingerprint density at radius 1 is 1.12 bits per heavy atom. The van der Waals surface area contributed by atoms with E-state index in [2.05, 4.69) is 53.3 Å². The summed E-state index contributed by atoms with van der Waals surface area (Å²) in [6.07, 6.45) is 4.00. The second-order valence-electron chi connectivity index (χ2n) is 6.25. The van der Waals surface area contributed by atoms with Crippen molar-refractivity contribution in [2.24, 2.45) is 5.10 Å². The predicted octanol–water partition coefficient (Wildman–Crippen LogP) is 4.86. The molecule has 0 amide bonds. The topological polar surface area (TPSA) is 49.8 Å². The fourth-order valence-corrected chi connectivity index (χ4v) is 2.79. The molecule has 0 fully saturated rings. The van der Waals surface area contributed by atoms with Crippen molar-refractivity contribution in [3.8, 4) is 5.88 Å². The summed E-state index contributed by atoms with van der Waals surface area (Å²) in [7, 11) is 0. The molecule has 0 aliphatic rings. The van der Waals surface area contributed by atoms with Crippen molar-refractivity contribution in [3.05, 3.63) is 47.5 Å². The van der Waals surface area contributed by atoms with E-state index < -0.39 is 0 Å². The molecular formula is C21H30N4O. The second kappa shape index (κ2) is 10.4. The monoisotopic (exact) mass is 354 g/mol. The van der Waals surface area contributed by atoms with Gasteiger partial charge in [0.05, 0.1) is 12.8 Å². The number of hydrogen-bond acceptors (Lipinski definition) is 5. The first-order valence-corrected chi connectivity index (χ1v) is 9.41. The van der Waals surface area contributed by atoms with Crippen LogP contribution in [-0.2, 0) is 0 Å². The summed E-state index contributed by atoms with van der Waals surface area (Å²) in [6, 6.07) is 12.2. The van der Waals surface area contributed by atoms with Gasteiger partial charge in [-0.05, 0) is 32.3 Å². The minimum Gasteiger partial charge on any atom is -0.478 e. The van der Waals surface area contributed by atoms with Gasteiger partial charge in [0.25, 0.3) is 0 Å². The van der Waals surface area contributed by atoms with Gasteiger partial charge in [0, 0.05) is 30.9 Å². The van der Waals surface area contributed by atoms with Crippen LogP contribution in [0.4, 0.5) is 11.5 Å². The van der Waals surface area contributed by atoms with Crippen molar-refractivity contribution in [1.29, 1.82) is 0 Å². The number of nitrogens with one attached hydrogen (secondary N) is 1. The molecule has 0 aliphatic carbocycles. The molecule has 1 aromatic heterocycles. The molecule has 1 aromatic carbocycles. The van der Waals surface area contributed by atoms with Crippen molar-refractivity contribution in [2.75, 3.05) is 30.0 Å². The summed E-state index contributed by atoms with van der Waals surface area (Å²) in [6.45, 7) is 11.0. The van der Waals surface area contributed by atoms with Crippen molar-refractivity contribution in [2.45, 2.75) is 40.5 Å². The zero-order chi connectivity index (χ0) is 18.8. The second-order valence-corrected chi connectivity index (χ2v) is 6.25. The van der Waals surface area contributed by atoms with Crippen LogP contribution in [0, 0.1) is 6.92 Å². The van der Waals surface area contributed by atoms with Gasteiger partial charge in [0.15, 0.2) is 5.82 Å². The number of nitrogens with zero attached hydrogens (tertiary/aromatic N) is 3. The summed E-state index contributed by atoms with van der Waals surface area (Å²) < 4.78 is 5.64. The van der Waals surface area contributed by atoms with E-state index in [1.54, 1.807) is 6.21 Å². The molecular weight excluding hydrogens is 324 g/mol. The molecule has 5 nitrogen and oxygen atoms in total. The molecule has 1 heterocycles. The summed E-state index contributed by atoms with van der Waals surface area (Å²) in [5.74, 6) is 1.31. The highest BCUT2D eigenvalue weighted by molar-refractivity contribution is 5.80. The predicted molar refractivity (Wildman–Crippen MR) is 111 cm³/mol. The SMILES string of the molecule is CCCN(CCC)c1cc(N/N=C/c2cccc(C)c2)nc(OCC)c1. The van der Waals surface area contributed by atoms with Gasteiger partial charge in [-0.3, -0.25) is 5.43 Å². The average molecular weight is 354 g/mol. The number of rotatable bonds is 10. The highest BCUT2D eigenvalue weighted by Crippen LogP contribution is 2.24. The van der Waals surface area contributed by atoms with Crippen LogP contribution in [0.1, 0.15) is 44.7 Å². The smallest absolute Gasteiger partial charge is 0.217 e. The molecule has 140 valence electrons. The van der Waals surface area contributed by atoms with Crippen LogP contribution in [-0.4, -0.2) is 30.9 Å². The Kier molecular flexibility index (Phi) is 7.93. The van der Waals surface area contributed by atoms with E-state index in [1.807, 2.05) is 31.2 Å². The average Bonchev–Trinajstić information content (AvgIpc) is 2.62. The van der Waals surface area contributed by atoms with Gasteiger partial charge in [0.1, 0.15) is 0 Å². The Morgan fingerprint density at radius 2 is 1.88 bits per heavy atom. The lowest BCUT2D eigenvalue weighted by Gasteiger charge is -2.24. The molecule has 0 aliphatic heterocycles. The molecule has 0 bridgehead atoms. The minimum atomic E-state index is 0.587. The quantitative estimate of drug-likeness (QED) is 0.489. The number of aromatic nitrogens is 1. The fourth-order valence-electron chi connectivity index (χ4n) is 2.79. The van der Waals surface area contributed by atoms with Gasteiger partial charge in [-0.1, -0.05) is 43.7 Å². The van der Waals surface area contributed by atoms with Gasteiger partial charge in [0.2, 0.25) is 5.88 Å². The maximum absolute atomic E-state index is 5.64. The molecule has 0 radical (unpaired) electrons. The van der Waals surface area contributed by atoms with Crippen LogP contribution in [0.15, 0.2) is 41.5 Å². The van der Waals surface area contributed by atoms with E-state index in [0.29, 0.717) is 18.3 Å². The van der Waals surface area contributed by atoms with Crippen LogP contribution in [0.2, 0.25) is 0 Å². The molecule has 0 spiro atoms. The fraction of sp³-hybridized carbons (Fsp3) is 0.429. The third-order valence-corrected chi connectivity index (χ3v) is 3.87. The van der Waals surface area contributed by atoms with E-state index in [1.165, 1.54) is 5.56 Å². The Hall–Kier alpha value is -2.56. The first-order valence-electron chi connectivity index (χ1n) is 9.41. The Balaban J connectivity index is 2.20. The number of benzene rings is 1. The minimum absolute atomic E-state index is 0.587. The lowest BCUT2D eigenvalue weighted by molar-refractivity contribution is 0.327. The Labute approximate surface area is 157 Å². The molecule has 1 N–H and O–H groups in total. The lowest BCUT2D eigenvalue weighted by atomic mass is 10.2. The van der Waals surface area contributed by atoms with Crippen molar-refractivity contribution < 1.29 is 4.74 Å². The van der Waals surface area contributed by atoms with E-state index in [-0.39, 0.29) is 0 Å². The molecule has 2 rings (SSSR count). The van der Waals surface area contributed by atoms with Crippen molar-refractivity contribution in [1.82, 2.24) is 4.98 Å². The highest BCUT2D eigenvalue weighted by Gasteiger charge is 2.09. The van der Waals surface area contributed by atoms with Crippen molar-refractivity contribution in [3.63, 3.8) is 0 Å². The van der Waals surface area contributed by atoms with Gasteiger partial charge >= 0.3 is 0 Å². The molecule has 5 heteroatoms. The number of anilines is 2. The number of ether oxygens (including phenoxy) is 1. The molecule has 26 heavy (non-hydrogen) atoms. The van der Waals surface area contributed by atoms with Crippen LogP contribution >= 0.6 is 0 Å². The standard InChI is InChI=1S/C21H30N4O/c1-5-11-25(12-6-2)19-14-20(23-21(15-19)26-7-3)24-22-16-18-10-8-9-17(4)13-18/h8-10,13-16H,5-7,11-12H2,1-4H3,(H,23,24)/b22-16+. The highest BCUT2D eigenvalue weighted by atomic mass is 16.5. The Morgan fingerprint density at radius 3 is 2.54 bits per heavy atom. The first kappa shape index (κ1) is 19.8. The number of aryl methyl sites for hydroxylation is 1. The summed E-state index contributed by atoms with van der Waals surface area (Å²) in [5, 5.41) is 4.34. The summed E-state index contributed by atoms with van der Waals surface area (Å²) >= 11 is 0. The van der Waals surface area contributed by atoms with Crippen molar-refractivity contribution >= 4 is 17.7 Å². The zero-order valence-corrected chi connectivity index (χ0v) is 16.3. The summed E-state index contributed by atoms with van der Waals surface area (Å²) in [5.41, 5.74) is 6.42. The van der Waals surface area contributed by atoms with Crippen LogP contribution in [0.5, 0.6) is 5.88 Å². The van der Waals surface area contributed by atoms with Crippen LogP contribution in [0.3, 0.4) is 0 Å². The summed E-state index contributed by atoms with van der Waals surface area (Å²) in [4.78, 5) is 6.86. The molecule has 2 aromatic rings. The van der Waals surface area contributed by atoms with E-state index in [0.717, 1.165) is 37.2 Å². The van der Waals surface area contributed by atoms with Gasteiger partial charge in [-0.15, -0.1) is 0 Å². The zero-order valence-electron chi connectivity index (χ0n) is 16.3. The molecule has 0 unspecified atom stereocenters. The number of hydrogen-bond donors (Lipinski definition) is 1. The van der Waals surface area contributed by atoms with Gasteiger partial charge in [-0.25, -0.2) is 0 Å². The normalized spacial score (nSPS) is 10.9. The maximum atomic E-state index is 5.64. The first-order chi connectivity index (χ1) is 12.7. The van der Waals surface area contributed by atoms with Gasteiger partial charge < -0.3 is 9.64 Å². The lowest BCUT2D eigenvalue weighted by Crippen LogP contribution is -2.25. The number of pyridine rings is 1. The van der Waals surface area contributed by atoms with E-state index in [9.17, 15) is 0 Å². The van der Waals surface area contributed by atoms with E-state index >= 15 is 0 Å². The largest absolute Gasteiger partial charge is 0.478 e. The van der Waals surface area contributed by atoms with Crippen LogP contribution < -0.4 is 15.1 Å². The van der Waals surface area contributed by atoms with Gasteiger partial charge in [-0.2, -0.15) is 10.1 Å². The van der Waals surface area contributed by atoms with Crippen LogP contribution in [0.25, 0.3) is 0 Å². The molecule has 0 atom stereocenters. The Bertz CT molecular complexity index is 709. The third kappa shape index (κ3) is 6.06. The number of hydrazone groups is 1. The third-order valence-electron chi connectivity index (χ3n) is 3.87. The molecule has 0 saturated heterocycles. The van der Waals surface area contributed by atoms with E-state index in [4.69, 9.17) is 4.74 Å². The maximum Gasteiger partial charge on any atom is 0.217 e. The molecule has 0 saturated carbocycles.